The summed E-state index contributed by atoms with van der Waals surface area (Å²) < 4.78 is 47.5. The van der Waals surface area contributed by atoms with Gasteiger partial charge < -0.3 is 9.64 Å². The predicted molar refractivity (Wildman–Crippen MR) is 132 cm³/mol. The van der Waals surface area contributed by atoms with Crippen molar-refractivity contribution in [2.75, 3.05) is 13.1 Å². The minimum atomic E-state index is -4.57. The molecule has 1 fully saturated rings. The molecular weight excluding hydrogens is 499 g/mol. The highest BCUT2D eigenvalue weighted by molar-refractivity contribution is 5.68. The van der Waals surface area contributed by atoms with Crippen LogP contribution in [0.2, 0.25) is 0 Å². The zero-order chi connectivity index (χ0) is 26.7. The number of ether oxygens (including phenoxy) is 1. The van der Waals surface area contributed by atoms with Crippen molar-refractivity contribution >= 4 is 17.4 Å². The van der Waals surface area contributed by atoms with Crippen molar-refractivity contribution in [1.29, 1.82) is 0 Å². The van der Waals surface area contributed by atoms with Crippen LogP contribution >= 0.6 is 0 Å². The zero-order valence-corrected chi connectivity index (χ0v) is 20.3. The molecule has 3 heterocycles. The van der Waals surface area contributed by atoms with Crippen molar-refractivity contribution in [1.82, 2.24) is 24.4 Å². The van der Waals surface area contributed by atoms with Crippen molar-refractivity contribution in [2.24, 2.45) is 0 Å². The van der Waals surface area contributed by atoms with Gasteiger partial charge in [-0.1, -0.05) is 48.5 Å². The van der Waals surface area contributed by atoms with E-state index in [0.717, 1.165) is 11.6 Å². The first-order valence-corrected chi connectivity index (χ1v) is 12.1. The Hall–Kier alpha value is -4.28. The molecule has 0 bridgehead atoms. The van der Waals surface area contributed by atoms with Crippen LogP contribution < -0.4 is 5.56 Å². The molecule has 1 aliphatic rings. The maximum atomic E-state index is 13.6. The second-order valence-electron chi connectivity index (χ2n) is 9.05. The summed E-state index contributed by atoms with van der Waals surface area (Å²) in [6.07, 6.45) is -1.32. The molecule has 4 aromatic rings. The Morgan fingerprint density at radius 1 is 0.974 bits per heavy atom. The Morgan fingerprint density at radius 2 is 1.66 bits per heavy atom. The number of nitrogens with zero attached hydrogens (tertiary/aromatic N) is 5. The smallest absolute Gasteiger partial charge is 0.416 e. The van der Waals surface area contributed by atoms with Gasteiger partial charge in [0.15, 0.2) is 11.3 Å². The summed E-state index contributed by atoms with van der Waals surface area (Å²) in [5.41, 5.74) is -0.00650. The van der Waals surface area contributed by atoms with E-state index in [1.54, 1.807) is 4.90 Å². The van der Waals surface area contributed by atoms with Crippen LogP contribution in [0.25, 0.3) is 11.3 Å². The van der Waals surface area contributed by atoms with Crippen LogP contribution in [0.4, 0.5) is 18.0 Å². The van der Waals surface area contributed by atoms with Gasteiger partial charge in [-0.2, -0.15) is 13.2 Å². The van der Waals surface area contributed by atoms with Crippen molar-refractivity contribution in [3.8, 4) is 0 Å². The van der Waals surface area contributed by atoms with Crippen LogP contribution in [-0.2, 0) is 24.1 Å². The highest BCUT2D eigenvalue weighted by Gasteiger charge is 2.34. The number of aromatic nitrogens is 4. The number of carbonyl (C=O) groups excluding carboxylic acids is 1. The molecule has 11 heteroatoms. The van der Waals surface area contributed by atoms with Crippen LogP contribution in [0.5, 0.6) is 0 Å². The summed E-state index contributed by atoms with van der Waals surface area (Å²) in [6.45, 7) is 0.544. The van der Waals surface area contributed by atoms with Crippen LogP contribution in [0.15, 0.2) is 71.8 Å². The Kier molecular flexibility index (Phi) is 7.08. The Morgan fingerprint density at radius 3 is 2.39 bits per heavy atom. The lowest BCUT2D eigenvalue weighted by Gasteiger charge is -2.31. The molecule has 0 saturated carbocycles. The summed E-state index contributed by atoms with van der Waals surface area (Å²) in [4.78, 5) is 40.5. The van der Waals surface area contributed by atoms with E-state index in [0.29, 0.717) is 25.9 Å². The van der Waals surface area contributed by atoms with Gasteiger partial charge in [0, 0.05) is 31.4 Å². The highest BCUT2D eigenvalue weighted by atomic mass is 19.4. The topological polar surface area (TPSA) is 90.2 Å². The number of hydrogen-bond donors (Lipinski definition) is 0. The molecule has 8 nitrogen and oxygen atoms in total. The molecule has 1 saturated heterocycles. The molecule has 0 unspecified atom stereocenters. The third-order valence-corrected chi connectivity index (χ3v) is 6.60. The number of amides is 1. The number of rotatable bonds is 5. The second-order valence-corrected chi connectivity index (χ2v) is 9.05. The average Bonchev–Trinajstić information content (AvgIpc) is 2.93. The molecule has 1 aliphatic heterocycles. The molecular formula is C27H24F3N5O3. The van der Waals surface area contributed by atoms with Crippen molar-refractivity contribution in [3.05, 3.63) is 99.7 Å². The minimum absolute atomic E-state index is 0.0535. The van der Waals surface area contributed by atoms with Gasteiger partial charge in [-0.3, -0.25) is 9.36 Å². The lowest BCUT2D eigenvalue weighted by molar-refractivity contribution is -0.138. The first-order valence-electron chi connectivity index (χ1n) is 12.1. The van der Waals surface area contributed by atoms with Crippen LogP contribution in [0.3, 0.4) is 0 Å². The van der Waals surface area contributed by atoms with Crippen molar-refractivity contribution in [3.63, 3.8) is 0 Å². The van der Waals surface area contributed by atoms with E-state index < -0.39 is 23.4 Å². The first-order chi connectivity index (χ1) is 18.3. The number of fused-ring (bicyclic) bond motifs is 1. The molecule has 0 N–H and O–H groups in total. The predicted octanol–water partition coefficient (Wildman–Crippen LogP) is 4.77. The average molecular weight is 524 g/mol. The van der Waals surface area contributed by atoms with E-state index in [1.165, 1.54) is 35.2 Å². The van der Waals surface area contributed by atoms with E-state index >= 15 is 0 Å². The molecule has 196 valence electrons. The maximum Gasteiger partial charge on any atom is 0.416 e. The normalized spacial score (nSPS) is 14.6. The minimum Gasteiger partial charge on any atom is -0.445 e. The van der Waals surface area contributed by atoms with Gasteiger partial charge in [-0.25, -0.2) is 19.7 Å². The van der Waals surface area contributed by atoms with Crippen molar-refractivity contribution in [2.45, 2.75) is 38.1 Å². The Balaban J connectivity index is 1.37. The SMILES string of the molecule is O=C(OCc1ccccc1)N1CCC(c2nc3nccnc3n(Cc3ccccc3C(F)(F)F)c2=O)CC1. The van der Waals surface area contributed by atoms with Gasteiger partial charge in [0.2, 0.25) is 0 Å². The monoisotopic (exact) mass is 523 g/mol. The van der Waals surface area contributed by atoms with Crippen LogP contribution in [0, 0.1) is 0 Å². The van der Waals surface area contributed by atoms with Gasteiger partial charge in [0.25, 0.3) is 5.56 Å². The van der Waals surface area contributed by atoms with Gasteiger partial charge in [0.05, 0.1) is 12.1 Å². The molecule has 0 atom stereocenters. The molecule has 1 amide bonds. The number of piperidine rings is 1. The lowest BCUT2D eigenvalue weighted by atomic mass is 9.93. The summed E-state index contributed by atoms with van der Waals surface area (Å²) in [5.74, 6) is -0.295. The van der Waals surface area contributed by atoms with Gasteiger partial charge in [0.1, 0.15) is 12.3 Å². The molecule has 5 rings (SSSR count). The van der Waals surface area contributed by atoms with E-state index in [9.17, 15) is 22.8 Å². The molecule has 0 radical (unpaired) electrons. The number of benzene rings is 2. The van der Waals surface area contributed by atoms with E-state index in [4.69, 9.17) is 4.74 Å². The van der Waals surface area contributed by atoms with E-state index in [2.05, 4.69) is 15.0 Å². The maximum absolute atomic E-state index is 13.6. The molecule has 0 spiro atoms. The number of carbonyl (C=O) groups is 1. The third-order valence-electron chi connectivity index (χ3n) is 6.60. The summed E-state index contributed by atoms with van der Waals surface area (Å²) in [6, 6.07) is 14.5. The fourth-order valence-corrected chi connectivity index (χ4v) is 4.65. The summed E-state index contributed by atoms with van der Waals surface area (Å²) >= 11 is 0. The third kappa shape index (κ3) is 5.36. The summed E-state index contributed by atoms with van der Waals surface area (Å²) in [5, 5.41) is 0. The first kappa shape index (κ1) is 25.4. The second kappa shape index (κ2) is 10.6. The fourth-order valence-electron chi connectivity index (χ4n) is 4.65. The van der Waals surface area contributed by atoms with Gasteiger partial charge >= 0.3 is 12.3 Å². The van der Waals surface area contributed by atoms with E-state index in [-0.39, 0.29) is 41.6 Å². The highest BCUT2D eigenvalue weighted by Crippen LogP contribution is 2.32. The van der Waals surface area contributed by atoms with Crippen molar-refractivity contribution < 1.29 is 22.7 Å². The number of hydrogen-bond acceptors (Lipinski definition) is 6. The molecule has 38 heavy (non-hydrogen) atoms. The van der Waals surface area contributed by atoms with Gasteiger partial charge in [-0.05, 0) is 30.0 Å². The number of halogens is 3. The quantitative estimate of drug-likeness (QED) is 0.374. The standard InChI is InChI=1S/C27H24F3N5O3/c28-27(29,30)21-9-5-4-8-20(21)16-35-24-23(31-12-13-32-24)33-22(25(35)36)19-10-14-34(15-11-19)26(37)38-17-18-6-2-1-3-7-18/h1-9,12-13,19H,10-11,14-17H2. The number of likely N-dealkylation sites (tertiary alicyclic amines) is 1. The van der Waals surface area contributed by atoms with E-state index in [1.807, 2.05) is 30.3 Å². The largest absolute Gasteiger partial charge is 0.445 e. The Bertz CT molecular complexity index is 1500. The lowest BCUT2D eigenvalue weighted by Crippen LogP contribution is -2.40. The molecule has 2 aromatic carbocycles. The zero-order valence-electron chi connectivity index (χ0n) is 20.3. The molecule has 0 aliphatic carbocycles. The Labute approximate surface area is 215 Å². The van der Waals surface area contributed by atoms with Crippen LogP contribution in [0.1, 0.15) is 41.1 Å². The fraction of sp³-hybridized carbons (Fsp3) is 0.296. The summed E-state index contributed by atoms with van der Waals surface area (Å²) in [7, 11) is 0. The molecule has 2 aromatic heterocycles. The van der Waals surface area contributed by atoms with Crippen LogP contribution in [-0.4, -0.2) is 43.6 Å². The number of alkyl halides is 3. The van der Waals surface area contributed by atoms with Gasteiger partial charge in [-0.15, -0.1) is 0 Å².